The molecule has 0 saturated heterocycles. The molecule has 0 unspecified atom stereocenters. The molecular formula is C14H13F3N2. The monoisotopic (exact) mass is 266 g/mol. The van der Waals surface area contributed by atoms with Crippen LogP contribution < -0.4 is 4.90 Å². The van der Waals surface area contributed by atoms with Crippen molar-refractivity contribution in [3.63, 3.8) is 0 Å². The lowest BCUT2D eigenvalue weighted by Gasteiger charge is -2.30. The second kappa shape index (κ2) is 4.96. The number of hydrogen-bond acceptors (Lipinski definition) is 2. The van der Waals surface area contributed by atoms with Crippen LogP contribution in [0.25, 0.3) is 0 Å². The molecule has 1 aliphatic rings. The predicted octanol–water partition coefficient (Wildman–Crippen LogP) is 3.57. The number of rotatable bonds is 1. The molecule has 1 aromatic rings. The van der Waals surface area contributed by atoms with Crippen molar-refractivity contribution in [2.24, 2.45) is 0 Å². The Morgan fingerprint density at radius 2 is 2.05 bits per heavy atom. The average Bonchev–Trinajstić information content (AvgIpc) is 2.37. The van der Waals surface area contributed by atoms with Crippen molar-refractivity contribution in [3.05, 3.63) is 41.0 Å². The van der Waals surface area contributed by atoms with E-state index in [4.69, 9.17) is 5.26 Å². The van der Waals surface area contributed by atoms with Gasteiger partial charge < -0.3 is 4.90 Å². The average molecular weight is 266 g/mol. The van der Waals surface area contributed by atoms with Gasteiger partial charge in [0.15, 0.2) is 0 Å². The van der Waals surface area contributed by atoms with Crippen LogP contribution in [0.4, 0.5) is 18.9 Å². The molecule has 0 atom stereocenters. The zero-order valence-electron chi connectivity index (χ0n) is 10.5. The molecule has 5 heteroatoms. The van der Waals surface area contributed by atoms with Gasteiger partial charge in [0.1, 0.15) is 6.07 Å². The van der Waals surface area contributed by atoms with E-state index in [0.29, 0.717) is 5.56 Å². The van der Waals surface area contributed by atoms with Crippen LogP contribution >= 0.6 is 0 Å². The summed E-state index contributed by atoms with van der Waals surface area (Å²) in [5.41, 5.74) is 1.67. The minimum Gasteiger partial charge on any atom is -0.366 e. The van der Waals surface area contributed by atoms with Gasteiger partial charge in [-0.15, -0.1) is 0 Å². The quantitative estimate of drug-likeness (QED) is 0.727. The molecule has 0 aromatic heterocycles. The second-order valence-corrected chi connectivity index (χ2v) is 4.51. The van der Waals surface area contributed by atoms with Gasteiger partial charge in [0.2, 0.25) is 0 Å². The van der Waals surface area contributed by atoms with Crippen LogP contribution in [-0.2, 0) is 0 Å². The minimum atomic E-state index is -4.24. The first-order chi connectivity index (χ1) is 8.93. The number of nitriles is 1. The minimum absolute atomic E-state index is 0.0390. The third-order valence-corrected chi connectivity index (χ3v) is 3.25. The second-order valence-electron chi connectivity index (χ2n) is 4.51. The summed E-state index contributed by atoms with van der Waals surface area (Å²) in [5, 5.41) is 9.08. The van der Waals surface area contributed by atoms with E-state index >= 15 is 0 Å². The van der Waals surface area contributed by atoms with Gasteiger partial charge >= 0.3 is 6.18 Å². The number of para-hydroxylation sites is 1. The van der Waals surface area contributed by atoms with Crippen LogP contribution in [0, 0.1) is 18.3 Å². The number of benzene rings is 1. The summed E-state index contributed by atoms with van der Waals surface area (Å²) in [6, 6.07) is 7.41. The fraction of sp³-hybridized carbons (Fsp3) is 0.357. The van der Waals surface area contributed by atoms with Gasteiger partial charge in [0.25, 0.3) is 0 Å². The van der Waals surface area contributed by atoms with Crippen molar-refractivity contribution in [3.8, 4) is 6.07 Å². The third-order valence-electron chi connectivity index (χ3n) is 3.25. The van der Waals surface area contributed by atoms with Crippen LogP contribution in [0.5, 0.6) is 0 Å². The number of nitrogens with zero attached hydrogens (tertiary/aromatic N) is 2. The van der Waals surface area contributed by atoms with Crippen molar-refractivity contribution in [1.29, 1.82) is 5.26 Å². The van der Waals surface area contributed by atoms with E-state index < -0.39 is 11.7 Å². The van der Waals surface area contributed by atoms with Gasteiger partial charge in [-0.1, -0.05) is 18.2 Å². The van der Waals surface area contributed by atoms with Crippen molar-refractivity contribution in [2.45, 2.75) is 19.5 Å². The Morgan fingerprint density at radius 1 is 1.32 bits per heavy atom. The molecule has 2 nitrogen and oxygen atoms in total. The van der Waals surface area contributed by atoms with E-state index in [1.807, 2.05) is 17.9 Å². The number of halogens is 3. The van der Waals surface area contributed by atoms with Crippen molar-refractivity contribution in [1.82, 2.24) is 0 Å². The van der Waals surface area contributed by atoms with E-state index in [0.717, 1.165) is 11.3 Å². The first kappa shape index (κ1) is 13.5. The van der Waals surface area contributed by atoms with Crippen LogP contribution in [0.3, 0.4) is 0 Å². The Bertz CT molecular complexity index is 553. The number of aryl methyl sites for hydroxylation is 1. The molecule has 0 fully saturated rings. The van der Waals surface area contributed by atoms with Gasteiger partial charge in [-0.25, -0.2) is 0 Å². The van der Waals surface area contributed by atoms with E-state index in [1.54, 1.807) is 12.1 Å². The van der Waals surface area contributed by atoms with Crippen LogP contribution in [0.15, 0.2) is 29.8 Å². The third kappa shape index (κ3) is 2.73. The molecule has 1 aromatic carbocycles. The van der Waals surface area contributed by atoms with Crippen molar-refractivity contribution in [2.75, 3.05) is 18.0 Å². The highest BCUT2D eigenvalue weighted by Crippen LogP contribution is 2.33. The van der Waals surface area contributed by atoms with E-state index in [9.17, 15) is 13.2 Å². The molecular weight excluding hydrogens is 253 g/mol. The number of alkyl halides is 3. The lowest BCUT2D eigenvalue weighted by atomic mass is 10.0. The number of anilines is 1. The highest BCUT2D eigenvalue weighted by atomic mass is 19.4. The molecule has 1 aliphatic heterocycles. The summed E-state index contributed by atoms with van der Waals surface area (Å²) in [5.74, 6) is 0. The summed E-state index contributed by atoms with van der Waals surface area (Å²) in [7, 11) is 0. The largest absolute Gasteiger partial charge is 0.412 e. The lowest BCUT2D eigenvalue weighted by molar-refractivity contribution is -0.0943. The molecule has 100 valence electrons. The maximum atomic E-state index is 12.6. The van der Waals surface area contributed by atoms with Gasteiger partial charge in [-0.2, -0.15) is 18.4 Å². The standard InChI is InChI=1S/C14H13F3N2/c1-10-3-2-4-11(9-18)13(10)19-7-5-12(6-8-19)14(15,16)17/h2-5H,6-8H2,1H3. The van der Waals surface area contributed by atoms with Gasteiger partial charge in [0, 0.05) is 18.7 Å². The molecule has 19 heavy (non-hydrogen) atoms. The molecule has 1 heterocycles. The van der Waals surface area contributed by atoms with Crippen molar-refractivity contribution < 1.29 is 13.2 Å². The molecule has 0 saturated carbocycles. The SMILES string of the molecule is Cc1cccc(C#N)c1N1CC=C(C(F)(F)F)CC1. The predicted molar refractivity (Wildman–Crippen MR) is 66.9 cm³/mol. The Morgan fingerprint density at radius 3 is 2.58 bits per heavy atom. The fourth-order valence-corrected chi connectivity index (χ4v) is 2.30. The normalized spacial score (nSPS) is 15.9. The van der Waals surface area contributed by atoms with Gasteiger partial charge in [-0.3, -0.25) is 0 Å². The molecule has 0 amide bonds. The molecule has 0 N–H and O–H groups in total. The van der Waals surface area contributed by atoms with E-state index in [-0.39, 0.29) is 19.5 Å². The first-order valence-electron chi connectivity index (χ1n) is 5.94. The molecule has 0 spiro atoms. The topological polar surface area (TPSA) is 27.0 Å². The van der Waals surface area contributed by atoms with Crippen LogP contribution in [-0.4, -0.2) is 19.3 Å². The van der Waals surface area contributed by atoms with Gasteiger partial charge in [-0.05, 0) is 25.0 Å². The van der Waals surface area contributed by atoms with E-state index in [1.165, 1.54) is 6.08 Å². The van der Waals surface area contributed by atoms with E-state index in [2.05, 4.69) is 6.07 Å². The summed E-state index contributed by atoms with van der Waals surface area (Å²) in [6.07, 6.45) is -3.07. The molecule has 2 rings (SSSR count). The Labute approximate surface area is 109 Å². The molecule has 0 bridgehead atoms. The fourth-order valence-electron chi connectivity index (χ4n) is 2.30. The number of hydrogen-bond donors (Lipinski definition) is 0. The lowest BCUT2D eigenvalue weighted by Crippen LogP contribution is -2.32. The summed E-state index contributed by atoms with van der Waals surface area (Å²) in [4.78, 5) is 1.82. The molecule has 0 aliphatic carbocycles. The van der Waals surface area contributed by atoms with Gasteiger partial charge in [0.05, 0.1) is 11.3 Å². The highest BCUT2D eigenvalue weighted by molar-refractivity contribution is 5.64. The maximum absolute atomic E-state index is 12.6. The Kier molecular flexibility index (Phi) is 3.52. The summed E-state index contributed by atoms with van der Waals surface area (Å²) in [6.45, 7) is 2.33. The zero-order chi connectivity index (χ0) is 14.0. The maximum Gasteiger partial charge on any atom is 0.412 e. The highest BCUT2D eigenvalue weighted by Gasteiger charge is 2.35. The summed E-state index contributed by atoms with van der Waals surface area (Å²) >= 11 is 0. The molecule has 0 radical (unpaired) electrons. The van der Waals surface area contributed by atoms with Crippen LogP contribution in [0.1, 0.15) is 17.5 Å². The summed E-state index contributed by atoms with van der Waals surface area (Å²) < 4.78 is 37.7. The van der Waals surface area contributed by atoms with Crippen molar-refractivity contribution >= 4 is 5.69 Å². The zero-order valence-corrected chi connectivity index (χ0v) is 10.5. The smallest absolute Gasteiger partial charge is 0.366 e. The Balaban J connectivity index is 2.28. The Hall–Kier alpha value is -1.96. The first-order valence-corrected chi connectivity index (χ1v) is 5.94. The van der Waals surface area contributed by atoms with Crippen LogP contribution in [0.2, 0.25) is 0 Å².